The van der Waals surface area contributed by atoms with Crippen molar-refractivity contribution in [2.24, 2.45) is 0 Å². The maximum Gasteiger partial charge on any atom is 0.244 e. The predicted molar refractivity (Wildman–Crippen MR) is 139 cm³/mol. The second-order valence-electron chi connectivity index (χ2n) is 9.38. The van der Waals surface area contributed by atoms with Gasteiger partial charge in [0.2, 0.25) is 21.8 Å². The van der Waals surface area contributed by atoms with Crippen LogP contribution in [0.5, 0.6) is 0 Å². The number of aryl methyl sites for hydroxylation is 1. The topological polar surface area (TPSA) is 86.8 Å². The van der Waals surface area contributed by atoms with Crippen molar-refractivity contribution < 1.29 is 18.0 Å². The number of benzene rings is 2. The Kier molecular flexibility index (Phi) is 9.32. The zero-order chi connectivity index (χ0) is 25.4. The second-order valence-corrected chi connectivity index (χ2v) is 11.3. The molecular weight excluding hydrogens is 462 g/mol. The summed E-state index contributed by atoms with van der Waals surface area (Å²) in [6.45, 7) is 3.60. The summed E-state index contributed by atoms with van der Waals surface area (Å²) < 4.78 is 26.5. The van der Waals surface area contributed by atoms with E-state index in [1.807, 2.05) is 50.2 Å². The molecule has 0 heterocycles. The number of anilines is 1. The van der Waals surface area contributed by atoms with Crippen LogP contribution in [0.3, 0.4) is 0 Å². The Bertz CT molecular complexity index is 1100. The van der Waals surface area contributed by atoms with Crippen LogP contribution in [-0.2, 0) is 26.2 Å². The van der Waals surface area contributed by atoms with Crippen LogP contribution in [0.25, 0.3) is 0 Å². The fourth-order valence-corrected chi connectivity index (χ4v) is 5.48. The van der Waals surface area contributed by atoms with E-state index in [1.165, 1.54) is 11.3 Å². The quantitative estimate of drug-likeness (QED) is 0.535. The minimum atomic E-state index is -3.73. The third-order valence-corrected chi connectivity index (χ3v) is 7.64. The second kappa shape index (κ2) is 12.2. The molecule has 2 aromatic rings. The van der Waals surface area contributed by atoms with Crippen LogP contribution < -0.4 is 9.62 Å². The van der Waals surface area contributed by atoms with Crippen LogP contribution in [0.2, 0.25) is 0 Å². The summed E-state index contributed by atoms with van der Waals surface area (Å²) >= 11 is 0. The van der Waals surface area contributed by atoms with Crippen molar-refractivity contribution in [1.29, 1.82) is 0 Å². The van der Waals surface area contributed by atoms with Gasteiger partial charge in [-0.05, 0) is 49.4 Å². The van der Waals surface area contributed by atoms with Crippen molar-refractivity contribution in [2.45, 2.75) is 71.0 Å². The Labute approximate surface area is 209 Å². The number of sulfonamides is 1. The molecule has 1 saturated carbocycles. The molecule has 0 radical (unpaired) electrons. The van der Waals surface area contributed by atoms with Crippen molar-refractivity contribution >= 4 is 27.5 Å². The summed E-state index contributed by atoms with van der Waals surface area (Å²) in [6, 6.07) is 16.0. The SMILES string of the molecule is CC[C@@H](C(=O)NC1CCCCC1)N(Cc1ccccc1)C(=O)CN(c1cccc(C)c1)S(C)(=O)=O. The highest BCUT2D eigenvalue weighted by atomic mass is 32.2. The van der Waals surface area contributed by atoms with Crippen molar-refractivity contribution in [3.05, 3.63) is 65.7 Å². The average Bonchev–Trinajstić information content (AvgIpc) is 2.82. The molecule has 1 aliphatic rings. The molecule has 0 bridgehead atoms. The number of hydrogen-bond acceptors (Lipinski definition) is 4. The molecule has 0 saturated heterocycles. The van der Waals surface area contributed by atoms with E-state index in [-0.39, 0.29) is 25.0 Å². The number of nitrogens with one attached hydrogen (secondary N) is 1. The van der Waals surface area contributed by atoms with Gasteiger partial charge in [-0.2, -0.15) is 0 Å². The van der Waals surface area contributed by atoms with Gasteiger partial charge in [0.05, 0.1) is 11.9 Å². The van der Waals surface area contributed by atoms with E-state index in [1.54, 1.807) is 18.2 Å². The van der Waals surface area contributed by atoms with E-state index in [0.29, 0.717) is 12.1 Å². The number of hydrogen-bond donors (Lipinski definition) is 1. The highest BCUT2D eigenvalue weighted by Crippen LogP contribution is 2.22. The maximum atomic E-state index is 13.7. The van der Waals surface area contributed by atoms with E-state index >= 15 is 0 Å². The smallest absolute Gasteiger partial charge is 0.244 e. The zero-order valence-electron chi connectivity index (χ0n) is 20.9. The van der Waals surface area contributed by atoms with Crippen LogP contribution in [-0.4, -0.2) is 50.0 Å². The van der Waals surface area contributed by atoms with Gasteiger partial charge in [0.25, 0.3) is 0 Å². The molecule has 1 atom stereocenters. The number of carbonyl (C=O) groups excluding carboxylic acids is 2. The van der Waals surface area contributed by atoms with Crippen molar-refractivity contribution in [2.75, 3.05) is 17.1 Å². The van der Waals surface area contributed by atoms with Crippen LogP contribution in [0, 0.1) is 6.92 Å². The molecule has 0 unspecified atom stereocenters. The Balaban J connectivity index is 1.89. The number of amides is 2. The van der Waals surface area contributed by atoms with E-state index in [0.717, 1.165) is 47.4 Å². The lowest BCUT2D eigenvalue weighted by Gasteiger charge is -2.34. The van der Waals surface area contributed by atoms with Gasteiger partial charge in [-0.15, -0.1) is 0 Å². The Morgan fingerprint density at radius 3 is 2.31 bits per heavy atom. The minimum Gasteiger partial charge on any atom is -0.352 e. The summed E-state index contributed by atoms with van der Waals surface area (Å²) in [5, 5.41) is 3.15. The standard InChI is InChI=1S/C27H37N3O4S/c1-4-25(27(32)28-23-15-9-6-10-16-23)29(19-22-13-7-5-8-14-22)26(31)20-30(35(3,33)34)24-17-11-12-21(2)18-24/h5,7-8,11-14,17-18,23,25H,4,6,9-10,15-16,19-20H2,1-3H3,(H,28,32)/t25-/m0/s1. The molecular formula is C27H37N3O4S. The van der Waals surface area contributed by atoms with Gasteiger partial charge in [0.15, 0.2) is 0 Å². The largest absolute Gasteiger partial charge is 0.352 e. The third kappa shape index (κ3) is 7.56. The number of nitrogens with zero attached hydrogens (tertiary/aromatic N) is 2. The van der Waals surface area contributed by atoms with Gasteiger partial charge in [-0.25, -0.2) is 8.42 Å². The van der Waals surface area contributed by atoms with E-state index in [4.69, 9.17) is 0 Å². The molecule has 1 N–H and O–H groups in total. The highest BCUT2D eigenvalue weighted by Gasteiger charge is 2.32. The molecule has 1 fully saturated rings. The molecule has 2 amide bonds. The van der Waals surface area contributed by atoms with Gasteiger partial charge < -0.3 is 10.2 Å². The molecule has 0 aromatic heterocycles. The molecule has 1 aliphatic carbocycles. The molecule has 3 rings (SSSR count). The van der Waals surface area contributed by atoms with Gasteiger partial charge in [0.1, 0.15) is 12.6 Å². The maximum absolute atomic E-state index is 13.7. The average molecular weight is 500 g/mol. The van der Waals surface area contributed by atoms with E-state index in [9.17, 15) is 18.0 Å². The summed E-state index contributed by atoms with van der Waals surface area (Å²) in [6.07, 6.45) is 6.79. The van der Waals surface area contributed by atoms with Crippen LogP contribution in [0.15, 0.2) is 54.6 Å². The Morgan fingerprint density at radius 2 is 1.71 bits per heavy atom. The van der Waals surface area contributed by atoms with Crippen molar-refractivity contribution in [3.63, 3.8) is 0 Å². The summed E-state index contributed by atoms with van der Waals surface area (Å²) in [7, 11) is -3.73. The lowest BCUT2D eigenvalue weighted by atomic mass is 9.95. The highest BCUT2D eigenvalue weighted by molar-refractivity contribution is 7.92. The molecule has 190 valence electrons. The molecule has 35 heavy (non-hydrogen) atoms. The molecule has 8 heteroatoms. The lowest BCUT2D eigenvalue weighted by Crippen LogP contribution is -2.53. The normalized spacial score (nSPS) is 15.3. The Hall–Kier alpha value is -2.87. The minimum absolute atomic E-state index is 0.124. The fourth-order valence-electron chi connectivity index (χ4n) is 4.64. The first-order chi connectivity index (χ1) is 16.7. The molecule has 2 aromatic carbocycles. The first-order valence-electron chi connectivity index (χ1n) is 12.4. The summed E-state index contributed by atoms with van der Waals surface area (Å²) in [5.41, 5.74) is 2.20. The monoisotopic (exact) mass is 499 g/mol. The van der Waals surface area contributed by atoms with Crippen molar-refractivity contribution in [3.8, 4) is 0 Å². The van der Waals surface area contributed by atoms with Crippen molar-refractivity contribution in [1.82, 2.24) is 10.2 Å². The predicted octanol–water partition coefficient (Wildman–Crippen LogP) is 4.02. The zero-order valence-corrected chi connectivity index (χ0v) is 21.8. The molecule has 7 nitrogen and oxygen atoms in total. The van der Waals surface area contributed by atoms with Gasteiger partial charge in [0, 0.05) is 12.6 Å². The van der Waals surface area contributed by atoms with E-state index < -0.39 is 22.0 Å². The van der Waals surface area contributed by atoms with Crippen LogP contribution >= 0.6 is 0 Å². The van der Waals surface area contributed by atoms with Gasteiger partial charge >= 0.3 is 0 Å². The van der Waals surface area contributed by atoms with Crippen LogP contribution in [0.4, 0.5) is 5.69 Å². The van der Waals surface area contributed by atoms with Crippen LogP contribution in [0.1, 0.15) is 56.6 Å². The lowest BCUT2D eigenvalue weighted by molar-refractivity contribution is -0.140. The number of carbonyl (C=O) groups is 2. The molecule has 0 aliphatic heterocycles. The third-order valence-electron chi connectivity index (χ3n) is 6.50. The summed E-state index contributed by atoms with van der Waals surface area (Å²) in [5.74, 6) is -0.587. The molecule has 0 spiro atoms. The van der Waals surface area contributed by atoms with E-state index in [2.05, 4.69) is 5.32 Å². The number of rotatable bonds is 10. The Morgan fingerprint density at radius 1 is 1.03 bits per heavy atom. The van der Waals surface area contributed by atoms with Gasteiger partial charge in [-0.1, -0.05) is 68.7 Å². The summed E-state index contributed by atoms with van der Waals surface area (Å²) in [4.78, 5) is 28.6. The fraction of sp³-hybridized carbons (Fsp3) is 0.481. The first kappa shape index (κ1) is 26.7. The first-order valence-corrected chi connectivity index (χ1v) is 14.2. The van der Waals surface area contributed by atoms with Gasteiger partial charge in [-0.3, -0.25) is 13.9 Å².